The fraction of sp³-hybridized carbons (Fsp3) is 0.235. The number of rotatable bonds is 5. The van der Waals surface area contributed by atoms with Crippen molar-refractivity contribution < 1.29 is 13.2 Å². The summed E-state index contributed by atoms with van der Waals surface area (Å²) in [6.45, 7) is 0.456. The number of para-hydroxylation sites is 2. The molecule has 1 N–H and O–H groups in total. The Kier molecular flexibility index (Phi) is 4.44. The Morgan fingerprint density at radius 3 is 2.33 bits per heavy atom. The van der Waals surface area contributed by atoms with E-state index in [1.54, 1.807) is 24.3 Å². The molecule has 1 heterocycles. The molecule has 7 heteroatoms. The van der Waals surface area contributed by atoms with E-state index < -0.39 is 10.2 Å². The molecule has 0 spiro atoms. The molecule has 1 amide bonds. The topological polar surface area (TPSA) is 69.7 Å². The zero-order valence-electron chi connectivity index (χ0n) is 13.3. The molecule has 2 aromatic rings. The van der Waals surface area contributed by atoms with Crippen molar-refractivity contribution >= 4 is 27.5 Å². The maximum absolute atomic E-state index is 12.5. The summed E-state index contributed by atoms with van der Waals surface area (Å²) in [5.41, 5.74) is 2.21. The van der Waals surface area contributed by atoms with Gasteiger partial charge in [0.15, 0.2) is 0 Å². The first-order chi connectivity index (χ1) is 11.5. The van der Waals surface area contributed by atoms with Gasteiger partial charge in [0.1, 0.15) is 0 Å². The number of anilines is 2. The summed E-state index contributed by atoms with van der Waals surface area (Å²) in [5.74, 6) is -0.126. The normalized spacial score (nSPS) is 15.2. The lowest BCUT2D eigenvalue weighted by atomic mass is 10.1. The van der Waals surface area contributed by atoms with Crippen molar-refractivity contribution in [3.8, 4) is 0 Å². The minimum atomic E-state index is -3.57. The minimum Gasteiger partial charge on any atom is -0.354 e. The van der Waals surface area contributed by atoms with E-state index in [2.05, 4.69) is 5.32 Å². The Labute approximate surface area is 141 Å². The van der Waals surface area contributed by atoms with E-state index in [0.29, 0.717) is 11.4 Å². The van der Waals surface area contributed by atoms with E-state index in [1.807, 2.05) is 30.3 Å². The van der Waals surface area contributed by atoms with Crippen molar-refractivity contribution in [1.82, 2.24) is 5.32 Å². The van der Waals surface area contributed by atoms with E-state index in [4.69, 9.17) is 0 Å². The lowest BCUT2D eigenvalue weighted by Gasteiger charge is -2.19. The monoisotopic (exact) mass is 345 g/mol. The number of carbonyl (C=O) groups excluding carboxylic acids is 1. The van der Waals surface area contributed by atoms with Crippen molar-refractivity contribution in [3.63, 3.8) is 0 Å². The lowest BCUT2D eigenvalue weighted by molar-refractivity contribution is -0.120. The summed E-state index contributed by atoms with van der Waals surface area (Å²) in [5, 5.41) is 2.78. The maximum Gasteiger partial charge on any atom is 0.326 e. The molecule has 126 valence electrons. The molecular weight excluding hydrogens is 326 g/mol. The predicted molar refractivity (Wildman–Crippen MR) is 94.3 cm³/mol. The van der Waals surface area contributed by atoms with Gasteiger partial charge in [0.05, 0.1) is 24.3 Å². The Bertz CT molecular complexity index is 837. The fourth-order valence-electron chi connectivity index (χ4n) is 2.71. The molecule has 0 aromatic heterocycles. The average molecular weight is 345 g/mol. The highest BCUT2D eigenvalue weighted by Gasteiger charge is 2.37. The molecule has 1 aliphatic rings. The van der Waals surface area contributed by atoms with Crippen LogP contribution in [-0.2, 0) is 21.4 Å². The van der Waals surface area contributed by atoms with Gasteiger partial charge >= 0.3 is 10.2 Å². The second-order valence-electron chi connectivity index (χ2n) is 5.55. The van der Waals surface area contributed by atoms with Crippen LogP contribution in [-0.4, -0.2) is 34.5 Å². The minimum absolute atomic E-state index is 0.126. The molecule has 0 saturated carbocycles. The van der Waals surface area contributed by atoms with E-state index in [-0.39, 0.29) is 25.4 Å². The third-order valence-corrected chi connectivity index (χ3v) is 5.78. The van der Waals surface area contributed by atoms with Crippen molar-refractivity contribution in [2.45, 2.75) is 6.42 Å². The summed E-state index contributed by atoms with van der Waals surface area (Å²) in [6, 6.07) is 16.6. The summed E-state index contributed by atoms with van der Waals surface area (Å²) < 4.78 is 27.5. The Morgan fingerprint density at radius 1 is 1.00 bits per heavy atom. The SMILES string of the molecule is CN1c2ccccc2N(CCNC(=O)Cc2ccccc2)S1(=O)=O. The highest BCUT2D eigenvalue weighted by molar-refractivity contribution is 7.94. The fourth-order valence-corrected chi connectivity index (χ4v) is 4.14. The van der Waals surface area contributed by atoms with Crippen LogP contribution >= 0.6 is 0 Å². The van der Waals surface area contributed by atoms with E-state index in [9.17, 15) is 13.2 Å². The molecule has 3 rings (SSSR count). The highest BCUT2D eigenvalue weighted by atomic mass is 32.2. The summed E-state index contributed by atoms with van der Waals surface area (Å²) in [6.07, 6.45) is 0.282. The smallest absolute Gasteiger partial charge is 0.326 e. The van der Waals surface area contributed by atoms with Gasteiger partial charge in [-0.2, -0.15) is 8.42 Å². The molecular formula is C17H19N3O3S. The number of hydrogen-bond donors (Lipinski definition) is 1. The predicted octanol–water partition coefficient (Wildman–Crippen LogP) is 1.55. The van der Waals surface area contributed by atoms with Gasteiger partial charge < -0.3 is 5.32 Å². The van der Waals surface area contributed by atoms with E-state index >= 15 is 0 Å². The van der Waals surface area contributed by atoms with Gasteiger partial charge in [0.25, 0.3) is 0 Å². The van der Waals surface area contributed by atoms with E-state index in [0.717, 1.165) is 5.56 Å². The number of carbonyl (C=O) groups is 1. The van der Waals surface area contributed by atoms with Gasteiger partial charge in [-0.3, -0.25) is 9.10 Å². The van der Waals surface area contributed by atoms with Crippen LogP contribution in [0.5, 0.6) is 0 Å². The number of nitrogens with zero attached hydrogens (tertiary/aromatic N) is 2. The van der Waals surface area contributed by atoms with Crippen LogP contribution < -0.4 is 13.9 Å². The van der Waals surface area contributed by atoms with Crippen LogP contribution in [0.2, 0.25) is 0 Å². The van der Waals surface area contributed by atoms with E-state index in [1.165, 1.54) is 15.7 Å². The molecule has 0 unspecified atom stereocenters. The third kappa shape index (κ3) is 3.07. The molecule has 0 radical (unpaired) electrons. The van der Waals surface area contributed by atoms with Crippen molar-refractivity contribution in [2.24, 2.45) is 0 Å². The highest BCUT2D eigenvalue weighted by Crippen LogP contribution is 2.38. The molecule has 24 heavy (non-hydrogen) atoms. The van der Waals surface area contributed by atoms with Crippen LogP contribution in [0.3, 0.4) is 0 Å². The van der Waals surface area contributed by atoms with Crippen LogP contribution in [0.4, 0.5) is 11.4 Å². The number of nitrogens with one attached hydrogen (secondary N) is 1. The van der Waals surface area contributed by atoms with Crippen molar-refractivity contribution in [1.29, 1.82) is 0 Å². The van der Waals surface area contributed by atoms with Crippen LogP contribution in [0.25, 0.3) is 0 Å². The van der Waals surface area contributed by atoms with Gasteiger partial charge in [-0.25, -0.2) is 4.31 Å². The van der Waals surface area contributed by atoms with Crippen LogP contribution in [0.15, 0.2) is 54.6 Å². The first kappa shape index (κ1) is 16.3. The van der Waals surface area contributed by atoms with Crippen LogP contribution in [0.1, 0.15) is 5.56 Å². The van der Waals surface area contributed by atoms with Gasteiger partial charge in [0, 0.05) is 13.6 Å². The summed E-state index contributed by atoms with van der Waals surface area (Å²) >= 11 is 0. The van der Waals surface area contributed by atoms with Gasteiger partial charge in [-0.15, -0.1) is 0 Å². The third-order valence-electron chi connectivity index (χ3n) is 3.96. The molecule has 6 nitrogen and oxygen atoms in total. The number of hydrogen-bond acceptors (Lipinski definition) is 3. The first-order valence-corrected chi connectivity index (χ1v) is 9.06. The number of fused-ring (bicyclic) bond motifs is 1. The molecule has 0 fully saturated rings. The first-order valence-electron chi connectivity index (χ1n) is 7.66. The Balaban J connectivity index is 1.61. The lowest BCUT2D eigenvalue weighted by Crippen LogP contribution is -2.41. The number of amides is 1. The van der Waals surface area contributed by atoms with Gasteiger partial charge in [0.2, 0.25) is 5.91 Å². The largest absolute Gasteiger partial charge is 0.354 e. The Morgan fingerprint density at radius 2 is 1.62 bits per heavy atom. The van der Waals surface area contributed by atoms with Gasteiger partial charge in [-0.1, -0.05) is 42.5 Å². The maximum atomic E-state index is 12.5. The average Bonchev–Trinajstić information content (AvgIpc) is 2.77. The van der Waals surface area contributed by atoms with Crippen molar-refractivity contribution in [2.75, 3.05) is 28.7 Å². The zero-order chi connectivity index (χ0) is 17.2. The van der Waals surface area contributed by atoms with Crippen LogP contribution in [0, 0.1) is 0 Å². The number of benzene rings is 2. The summed E-state index contributed by atoms with van der Waals surface area (Å²) in [7, 11) is -2.04. The second-order valence-corrected chi connectivity index (χ2v) is 7.43. The second kappa shape index (κ2) is 6.52. The quantitative estimate of drug-likeness (QED) is 0.894. The molecule has 0 bridgehead atoms. The molecule has 0 aliphatic carbocycles. The molecule has 0 atom stereocenters. The molecule has 2 aromatic carbocycles. The van der Waals surface area contributed by atoms with Gasteiger partial charge in [-0.05, 0) is 17.7 Å². The molecule has 0 saturated heterocycles. The van der Waals surface area contributed by atoms with Crippen molar-refractivity contribution in [3.05, 3.63) is 60.2 Å². The standard InChI is InChI=1S/C17H19N3O3S/c1-19-15-9-5-6-10-16(15)20(24(19,22)23)12-11-18-17(21)13-14-7-3-2-4-8-14/h2-10H,11-13H2,1H3,(H,18,21). The molecule has 1 aliphatic heterocycles. The zero-order valence-corrected chi connectivity index (χ0v) is 14.2. The Hall–Kier alpha value is -2.54. The summed E-state index contributed by atoms with van der Waals surface area (Å²) in [4.78, 5) is 12.0.